The minimum atomic E-state index is -3.08. The molecule has 0 amide bonds. The first-order valence-corrected chi connectivity index (χ1v) is 5.50. The molecule has 1 N–H and O–H groups in total. The van der Waals surface area contributed by atoms with E-state index >= 15 is 0 Å². The van der Waals surface area contributed by atoms with Crippen LogP contribution in [0.2, 0.25) is 0 Å². The zero-order valence-electron chi connectivity index (χ0n) is 10.6. The third-order valence-corrected chi connectivity index (χ3v) is 2.57. The lowest BCUT2D eigenvalue weighted by Gasteiger charge is -2.10. The molecule has 0 atom stereocenters. The van der Waals surface area contributed by atoms with E-state index in [4.69, 9.17) is 0 Å². The zero-order valence-corrected chi connectivity index (χ0v) is 10.6. The molecule has 6 nitrogen and oxygen atoms in total. The van der Waals surface area contributed by atoms with Crippen molar-refractivity contribution in [2.75, 3.05) is 7.11 Å². The van der Waals surface area contributed by atoms with Crippen molar-refractivity contribution < 1.29 is 23.0 Å². The fraction of sp³-hybridized carbons (Fsp3) is 0.250. The van der Waals surface area contributed by atoms with Gasteiger partial charge in [-0.2, -0.15) is 8.78 Å². The SMILES string of the molecule is COC(=O)c1cc(OC(F)F)c2nc(C)c(=O)[nH]c2c1. The summed E-state index contributed by atoms with van der Waals surface area (Å²) in [5.74, 6) is -1.05. The molecule has 0 aliphatic rings. The van der Waals surface area contributed by atoms with E-state index in [1.54, 1.807) is 0 Å². The molecule has 8 heteroatoms. The summed E-state index contributed by atoms with van der Waals surface area (Å²) in [5, 5.41) is 0. The standard InChI is InChI=1S/C12H10F2N2O4/c1-5-10(17)16-7-3-6(11(18)19-2)4-8(9(7)15-5)20-12(13)14/h3-4,12H,1-2H3,(H,16,17). The van der Waals surface area contributed by atoms with Gasteiger partial charge in [-0.15, -0.1) is 0 Å². The third-order valence-electron chi connectivity index (χ3n) is 2.57. The van der Waals surface area contributed by atoms with E-state index in [-0.39, 0.29) is 28.0 Å². The lowest BCUT2D eigenvalue weighted by molar-refractivity contribution is -0.0490. The number of nitrogens with zero attached hydrogens (tertiary/aromatic N) is 1. The summed E-state index contributed by atoms with van der Waals surface area (Å²) in [5.41, 5.74) is -0.267. The Bertz CT molecular complexity index is 727. The molecule has 1 aromatic heterocycles. The normalized spacial score (nSPS) is 10.8. The smallest absolute Gasteiger partial charge is 0.387 e. The average Bonchev–Trinajstić information content (AvgIpc) is 2.39. The predicted octanol–water partition coefficient (Wildman–Crippen LogP) is 1.62. The highest BCUT2D eigenvalue weighted by Gasteiger charge is 2.16. The van der Waals surface area contributed by atoms with Crippen LogP contribution in [0.5, 0.6) is 5.75 Å². The van der Waals surface area contributed by atoms with Crippen molar-refractivity contribution in [2.45, 2.75) is 13.5 Å². The van der Waals surface area contributed by atoms with E-state index in [2.05, 4.69) is 19.4 Å². The minimum absolute atomic E-state index is 0.0306. The molecular weight excluding hydrogens is 274 g/mol. The predicted molar refractivity (Wildman–Crippen MR) is 65.1 cm³/mol. The number of rotatable bonds is 3. The van der Waals surface area contributed by atoms with Gasteiger partial charge in [-0.1, -0.05) is 0 Å². The van der Waals surface area contributed by atoms with Gasteiger partial charge in [-0.3, -0.25) is 4.79 Å². The first-order chi connectivity index (χ1) is 9.42. The molecule has 1 heterocycles. The van der Waals surface area contributed by atoms with Crippen LogP contribution in [0, 0.1) is 6.92 Å². The number of hydrogen-bond donors (Lipinski definition) is 1. The molecule has 2 rings (SSSR count). The molecule has 0 fully saturated rings. The van der Waals surface area contributed by atoms with Crippen LogP contribution in [0.15, 0.2) is 16.9 Å². The molecular formula is C12H10F2N2O4. The second-order valence-electron chi connectivity index (χ2n) is 3.89. The fourth-order valence-electron chi connectivity index (χ4n) is 1.67. The molecule has 2 aromatic rings. The number of benzene rings is 1. The van der Waals surface area contributed by atoms with Crippen molar-refractivity contribution >= 4 is 17.0 Å². The van der Waals surface area contributed by atoms with Crippen LogP contribution in [0.4, 0.5) is 8.78 Å². The molecule has 106 valence electrons. The van der Waals surface area contributed by atoms with Crippen LogP contribution >= 0.6 is 0 Å². The zero-order chi connectivity index (χ0) is 14.9. The molecule has 1 aromatic carbocycles. The molecule has 0 saturated heterocycles. The van der Waals surface area contributed by atoms with E-state index in [1.807, 2.05) is 0 Å². The molecule has 0 spiro atoms. The Morgan fingerprint density at radius 3 is 2.70 bits per heavy atom. The monoisotopic (exact) mass is 284 g/mol. The van der Waals surface area contributed by atoms with Gasteiger partial charge < -0.3 is 14.5 Å². The van der Waals surface area contributed by atoms with Crippen molar-refractivity contribution in [3.05, 3.63) is 33.7 Å². The summed E-state index contributed by atoms with van der Waals surface area (Å²) in [6.45, 7) is -1.65. The molecule has 0 radical (unpaired) electrons. The van der Waals surface area contributed by atoms with Crippen molar-refractivity contribution in [1.29, 1.82) is 0 Å². The minimum Gasteiger partial charge on any atom is -0.465 e. The fourth-order valence-corrected chi connectivity index (χ4v) is 1.67. The number of methoxy groups -OCH3 is 1. The number of H-pyrrole nitrogens is 1. The van der Waals surface area contributed by atoms with Gasteiger partial charge in [0.2, 0.25) is 0 Å². The Hall–Kier alpha value is -2.51. The van der Waals surface area contributed by atoms with Crippen molar-refractivity contribution in [3.8, 4) is 5.75 Å². The van der Waals surface area contributed by atoms with E-state index in [9.17, 15) is 18.4 Å². The van der Waals surface area contributed by atoms with Gasteiger partial charge in [0, 0.05) is 0 Å². The van der Waals surface area contributed by atoms with Crippen LogP contribution in [-0.2, 0) is 4.74 Å². The number of alkyl halides is 2. The van der Waals surface area contributed by atoms with Crippen LogP contribution < -0.4 is 10.3 Å². The van der Waals surface area contributed by atoms with Crippen LogP contribution in [-0.4, -0.2) is 29.7 Å². The van der Waals surface area contributed by atoms with Crippen LogP contribution in [0.3, 0.4) is 0 Å². The average molecular weight is 284 g/mol. The molecule has 0 aliphatic heterocycles. The van der Waals surface area contributed by atoms with Gasteiger partial charge in [0.1, 0.15) is 11.2 Å². The van der Waals surface area contributed by atoms with Crippen LogP contribution in [0.25, 0.3) is 11.0 Å². The Morgan fingerprint density at radius 1 is 1.40 bits per heavy atom. The maximum atomic E-state index is 12.4. The second kappa shape index (κ2) is 5.24. The number of carbonyl (C=O) groups excluding carboxylic acids is 1. The summed E-state index contributed by atoms with van der Waals surface area (Å²) >= 11 is 0. The lowest BCUT2D eigenvalue weighted by Crippen LogP contribution is -2.14. The van der Waals surface area contributed by atoms with Gasteiger partial charge in [0.15, 0.2) is 5.75 Å². The molecule has 0 saturated carbocycles. The highest BCUT2D eigenvalue weighted by atomic mass is 19.3. The summed E-state index contributed by atoms with van der Waals surface area (Å²) in [6, 6.07) is 2.37. The number of nitrogens with one attached hydrogen (secondary N) is 1. The Kier molecular flexibility index (Phi) is 3.64. The number of halogens is 2. The summed E-state index contributed by atoms with van der Waals surface area (Å²) in [4.78, 5) is 29.3. The number of fused-ring (bicyclic) bond motifs is 1. The van der Waals surface area contributed by atoms with E-state index < -0.39 is 18.1 Å². The van der Waals surface area contributed by atoms with Gasteiger partial charge in [-0.25, -0.2) is 9.78 Å². The number of hydrogen-bond acceptors (Lipinski definition) is 5. The third kappa shape index (κ3) is 2.58. The Morgan fingerprint density at radius 2 is 2.10 bits per heavy atom. The van der Waals surface area contributed by atoms with Gasteiger partial charge >= 0.3 is 12.6 Å². The number of aryl methyl sites for hydroxylation is 1. The largest absolute Gasteiger partial charge is 0.465 e. The molecule has 0 bridgehead atoms. The van der Waals surface area contributed by atoms with E-state index in [0.29, 0.717) is 0 Å². The van der Waals surface area contributed by atoms with Gasteiger partial charge in [0.05, 0.1) is 18.2 Å². The molecule has 0 aliphatic carbocycles. The van der Waals surface area contributed by atoms with Crippen molar-refractivity contribution in [2.24, 2.45) is 0 Å². The number of aromatic amines is 1. The topological polar surface area (TPSA) is 81.3 Å². The second-order valence-corrected chi connectivity index (χ2v) is 3.89. The Labute approximate surface area is 111 Å². The summed E-state index contributed by atoms with van der Waals surface area (Å²) in [7, 11) is 1.15. The quantitative estimate of drug-likeness (QED) is 0.866. The first-order valence-electron chi connectivity index (χ1n) is 5.50. The van der Waals surface area contributed by atoms with Gasteiger partial charge in [-0.05, 0) is 19.1 Å². The number of esters is 1. The summed E-state index contributed by atoms with van der Waals surface area (Å²) in [6.07, 6.45) is 0. The highest BCUT2D eigenvalue weighted by molar-refractivity contribution is 5.95. The maximum absolute atomic E-state index is 12.4. The first kappa shape index (κ1) is 13.9. The summed E-state index contributed by atoms with van der Waals surface area (Å²) < 4.78 is 33.6. The maximum Gasteiger partial charge on any atom is 0.387 e. The number of ether oxygens (including phenoxy) is 2. The van der Waals surface area contributed by atoms with E-state index in [1.165, 1.54) is 13.0 Å². The van der Waals surface area contributed by atoms with Crippen molar-refractivity contribution in [3.63, 3.8) is 0 Å². The number of aromatic nitrogens is 2. The lowest BCUT2D eigenvalue weighted by atomic mass is 10.1. The van der Waals surface area contributed by atoms with E-state index in [0.717, 1.165) is 13.2 Å². The highest BCUT2D eigenvalue weighted by Crippen LogP contribution is 2.26. The van der Waals surface area contributed by atoms with Gasteiger partial charge in [0.25, 0.3) is 5.56 Å². The Balaban J connectivity index is 2.74. The van der Waals surface area contributed by atoms with Crippen molar-refractivity contribution in [1.82, 2.24) is 9.97 Å². The molecule has 0 unspecified atom stereocenters. The van der Waals surface area contributed by atoms with Crippen LogP contribution in [0.1, 0.15) is 16.1 Å². The number of carbonyl (C=O) groups is 1. The molecule has 20 heavy (non-hydrogen) atoms.